The van der Waals surface area contributed by atoms with Crippen molar-refractivity contribution >= 4 is 0 Å². The summed E-state index contributed by atoms with van der Waals surface area (Å²) in [6.07, 6.45) is 2.95. The van der Waals surface area contributed by atoms with Crippen LogP contribution in [0.15, 0.2) is 6.33 Å². The molecule has 1 aliphatic heterocycles. The molecule has 1 aromatic heterocycles. The van der Waals surface area contributed by atoms with E-state index in [2.05, 4.69) is 22.0 Å². The van der Waals surface area contributed by atoms with Crippen LogP contribution in [0.4, 0.5) is 0 Å². The lowest BCUT2D eigenvalue weighted by atomic mass is 10.0. The Kier molecular flexibility index (Phi) is 3.02. The van der Waals surface area contributed by atoms with Crippen LogP contribution in [0.2, 0.25) is 0 Å². The van der Waals surface area contributed by atoms with E-state index < -0.39 is 0 Å². The lowest BCUT2D eigenvalue weighted by molar-refractivity contribution is 0.297. The molecule has 1 aromatic rings. The number of aromatic nitrogens is 3. The molecule has 84 valence electrons. The quantitative estimate of drug-likeness (QED) is 0.760. The molecule has 15 heavy (non-hydrogen) atoms. The molecule has 1 aliphatic rings. The standard InChI is InChI=1S/C10H19N5/c1-8(11)9-3-4-15(5-9)6-10-13-12-7-14(10)2/h7-9H,3-6,11H2,1-2H3. The van der Waals surface area contributed by atoms with Gasteiger partial charge in [0.2, 0.25) is 0 Å². The van der Waals surface area contributed by atoms with Crippen molar-refractivity contribution < 1.29 is 0 Å². The second kappa shape index (κ2) is 4.28. The van der Waals surface area contributed by atoms with Crippen LogP contribution < -0.4 is 5.73 Å². The van der Waals surface area contributed by atoms with Gasteiger partial charge in [0.15, 0.2) is 0 Å². The first-order chi connectivity index (χ1) is 7.16. The van der Waals surface area contributed by atoms with Crippen molar-refractivity contribution in [2.24, 2.45) is 18.7 Å². The number of aryl methyl sites for hydroxylation is 1. The third kappa shape index (κ3) is 2.35. The second-order valence-corrected chi connectivity index (χ2v) is 4.50. The van der Waals surface area contributed by atoms with E-state index in [4.69, 9.17) is 5.73 Å². The third-order valence-corrected chi connectivity index (χ3v) is 3.22. The highest BCUT2D eigenvalue weighted by molar-refractivity contribution is 4.88. The summed E-state index contributed by atoms with van der Waals surface area (Å²) < 4.78 is 1.97. The Bertz CT molecular complexity index is 319. The first-order valence-electron chi connectivity index (χ1n) is 5.47. The van der Waals surface area contributed by atoms with E-state index in [9.17, 15) is 0 Å². The molecule has 0 aromatic carbocycles. The summed E-state index contributed by atoms with van der Waals surface area (Å²) in [6.45, 7) is 5.19. The summed E-state index contributed by atoms with van der Waals surface area (Å²) in [5.74, 6) is 1.67. The molecule has 1 fully saturated rings. The van der Waals surface area contributed by atoms with Crippen molar-refractivity contribution in [1.29, 1.82) is 0 Å². The first-order valence-corrected chi connectivity index (χ1v) is 5.47. The normalized spacial score (nSPS) is 24.6. The van der Waals surface area contributed by atoms with Crippen LogP contribution in [-0.2, 0) is 13.6 Å². The summed E-state index contributed by atoms with van der Waals surface area (Å²) in [5, 5.41) is 7.97. The number of hydrogen-bond acceptors (Lipinski definition) is 4. The Morgan fingerprint density at radius 1 is 1.67 bits per heavy atom. The fraction of sp³-hybridized carbons (Fsp3) is 0.800. The van der Waals surface area contributed by atoms with Crippen molar-refractivity contribution in [2.45, 2.75) is 25.9 Å². The van der Waals surface area contributed by atoms with E-state index in [1.807, 2.05) is 11.6 Å². The van der Waals surface area contributed by atoms with Gasteiger partial charge in [-0.2, -0.15) is 0 Å². The molecule has 2 rings (SSSR count). The van der Waals surface area contributed by atoms with Gasteiger partial charge in [0.1, 0.15) is 12.2 Å². The lowest BCUT2D eigenvalue weighted by Gasteiger charge is -2.16. The first kappa shape index (κ1) is 10.6. The highest BCUT2D eigenvalue weighted by Gasteiger charge is 2.25. The van der Waals surface area contributed by atoms with Gasteiger partial charge < -0.3 is 10.3 Å². The van der Waals surface area contributed by atoms with Gasteiger partial charge in [-0.3, -0.25) is 4.90 Å². The molecule has 5 nitrogen and oxygen atoms in total. The van der Waals surface area contributed by atoms with Crippen molar-refractivity contribution in [3.05, 3.63) is 12.2 Å². The minimum Gasteiger partial charge on any atom is -0.328 e. The number of nitrogens with zero attached hydrogens (tertiary/aromatic N) is 4. The van der Waals surface area contributed by atoms with E-state index in [0.717, 1.165) is 25.5 Å². The maximum absolute atomic E-state index is 5.90. The monoisotopic (exact) mass is 209 g/mol. The van der Waals surface area contributed by atoms with E-state index >= 15 is 0 Å². The zero-order valence-electron chi connectivity index (χ0n) is 9.43. The Morgan fingerprint density at radius 2 is 2.47 bits per heavy atom. The predicted molar refractivity (Wildman–Crippen MR) is 58.0 cm³/mol. The summed E-state index contributed by atoms with van der Waals surface area (Å²) in [6, 6.07) is 0.300. The summed E-state index contributed by atoms with van der Waals surface area (Å²) >= 11 is 0. The van der Waals surface area contributed by atoms with Crippen molar-refractivity contribution in [3.63, 3.8) is 0 Å². The maximum Gasteiger partial charge on any atom is 0.146 e. The number of rotatable bonds is 3. The molecule has 2 heterocycles. The fourth-order valence-corrected chi connectivity index (χ4v) is 2.09. The van der Waals surface area contributed by atoms with Gasteiger partial charge in [-0.25, -0.2) is 0 Å². The van der Waals surface area contributed by atoms with Gasteiger partial charge in [0, 0.05) is 19.6 Å². The Morgan fingerprint density at radius 3 is 3.00 bits per heavy atom. The Hall–Kier alpha value is -0.940. The molecule has 2 unspecified atom stereocenters. The highest BCUT2D eigenvalue weighted by Crippen LogP contribution is 2.19. The van der Waals surface area contributed by atoms with Gasteiger partial charge in [-0.05, 0) is 25.8 Å². The van der Waals surface area contributed by atoms with Crippen LogP contribution in [0.5, 0.6) is 0 Å². The van der Waals surface area contributed by atoms with Gasteiger partial charge in [-0.15, -0.1) is 10.2 Å². The van der Waals surface area contributed by atoms with Crippen molar-refractivity contribution in [1.82, 2.24) is 19.7 Å². The Labute approximate surface area is 90.3 Å². The van der Waals surface area contributed by atoms with Crippen LogP contribution in [0.25, 0.3) is 0 Å². The number of likely N-dealkylation sites (tertiary alicyclic amines) is 1. The Balaban J connectivity index is 1.90. The van der Waals surface area contributed by atoms with Gasteiger partial charge in [-0.1, -0.05) is 0 Å². The predicted octanol–water partition coefficient (Wildman–Crippen LogP) is -0.0158. The van der Waals surface area contributed by atoms with E-state index in [1.54, 1.807) is 6.33 Å². The van der Waals surface area contributed by atoms with Crippen molar-refractivity contribution in [3.8, 4) is 0 Å². The lowest BCUT2D eigenvalue weighted by Crippen LogP contribution is -2.30. The molecular formula is C10H19N5. The number of hydrogen-bond donors (Lipinski definition) is 1. The maximum atomic E-state index is 5.90. The molecule has 0 aliphatic carbocycles. The topological polar surface area (TPSA) is 60.0 Å². The SMILES string of the molecule is CC(N)C1CCN(Cc2nncn2C)C1. The van der Waals surface area contributed by atoms with Crippen LogP contribution in [0.3, 0.4) is 0 Å². The summed E-state index contributed by atoms with van der Waals surface area (Å²) in [5.41, 5.74) is 5.90. The van der Waals surface area contributed by atoms with Gasteiger partial charge in [0.05, 0.1) is 6.54 Å². The van der Waals surface area contributed by atoms with Crippen LogP contribution in [0.1, 0.15) is 19.2 Å². The van der Waals surface area contributed by atoms with E-state index in [0.29, 0.717) is 12.0 Å². The molecule has 1 saturated heterocycles. The average molecular weight is 209 g/mol. The molecule has 2 N–H and O–H groups in total. The highest BCUT2D eigenvalue weighted by atomic mass is 15.3. The second-order valence-electron chi connectivity index (χ2n) is 4.50. The summed E-state index contributed by atoms with van der Waals surface area (Å²) in [4.78, 5) is 2.40. The minimum absolute atomic E-state index is 0.300. The van der Waals surface area contributed by atoms with E-state index in [1.165, 1.54) is 6.42 Å². The smallest absolute Gasteiger partial charge is 0.146 e. The van der Waals surface area contributed by atoms with Gasteiger partial charge in [0.25, 0.3) is 0 Å². The molecule has 2 atom stereocenters. The summed E-state index contributed by atoms with van der Waals surface area (Å²) in [7, 11) is 1.98. The van der Waals surface area contributed by atoms with Crippen molar-refractivity contribution in [2.75, 3.05) is 13.1 Å². The molecule has 0 bridgehead atoms. The zero-order valence-corrected chi connectivity index (χ0v) is 9.43. The number of nitrogens with two attached hydrogens (primary N) is 1. The largest absolute Gasteiger partial charge is 0.328 e. The molecular weight excluding hydrogens is 190 g/mol. The third-order valence-electron chi connectivity index (χ3n) is 3.22. The van der Waals surface area contributed by atoms with Crippen LogP contribution >= 0.6 is 0 Å². The molecule has 0 saturated carbocycles. The van der Waals surface area contributed by atoms with Gasteiger partial charge >= 0.3 is 0 Å². The molecule has 0 amide bonds. The molecule has 0 spiro atoms. The van der Waals surface area contributed by atoms with E-state index in [-0.39, 0.29) is 0 Å². The molecule has 0 radical (unpaired) electrons. The zero-order chi connectivity index (χ0) is 10.8. The minimum atomic E-state index is 0.300. The average Bonchev–Trinajstić information content (AvgIpc) is 2.77. The molecule has 5 heteroatoms. The van der Waals surface area contributed by atoms with Crippen LogP contribution in [0, 0.1) is 5.92 Å². The van der Waals surface area contributed by atoms with Crippen LogP contribution in [-0.4, -0.2) is 38.8 Å². The fourth-order valence-electron chi connectivity index (χ4n) is 2.09.